The van der Waals surface area contributed by atoms with Gasteiger partial charge in [0.15, 0.2) is 5.82 Å². The number of aromatic nitrogens is 2. The summed E-state index contributed by atoms with van der Waals surface area (Å²) in [5.74, 6) is 1.37. The van der Waals surface area contributed by atoms with E-state index in [1.165, 1.54) is 0 Å². The Morgan fingerprint density at radius 1 is 1.22 bits per heavy atom. The molecular formula is C15H28N6O2. The topological polar surface area (TPSA) is 91.7 Å². The summed E-state index contributed by atoms with van der Waals surface area (Å²) in [4.78, 5) is 22.9. The Balaban J connectivity index is 1.81. The average Bonchev–Trinajstić information content (AvgIpc) is 2.89. The minimum absolute atomic E-state index is 0.217. The van der Waals surface area contributed by atoms with E-state index < -0.39 is 0 Å². The minimum atomic E-state index is 0.217. The van der Waals surface area contributed by atoms with E-state index in [0.29, 0.717) is 24.8 Å². The van der Waals surface area contributed by atoms with E-state index in [9.17, 15) is 4.79 Å². The van der Waals surface area contributed by atoms with Crippen LogP contribution in [-0.2, 0) is 17.9 Å². The lowest BCUT2D eigenvalue weighted by molar-refractivity contribution is -0.132. The van der Waals surface area contributed by atoms with Gasteiger partial charge in [-0.3, -0.25) is 14.6 Å². The molecule has 1 amide bonds. The van der Waals surface area contributed by atoms with E-state index in [2.05, 4.69) is 19.9 Å². The largest absolute Gasteiger partial charge is 0.342 e. The highest BCUT2D eigenvalue weighted by Crippen LogP contribution is 2.08. The van der Waals surface area contributed by atoms with Crippen LogP contribution in [-0.4, -0.2) is 76.6 Å². The van der Waals surface area contributed by atoms with Gasteiger partial charge in [0, 0.05) is 26.2 Å². The number of nitrogens with two attached hydrogens (primary N) is 1. The Bertz CT molecular complexity index is 488. The predicted octanol–water partition coefficient (Wildman–Crippen LogP) is -0.0956. The highest BCUT2D eigenvalue weighted by atomic mass is 16.5. The van der Waals surface area contributed by atoms with Crippen LogP contribution in [0.2, 0.25) is 0 Å². The van der Waals surface area contributed by atoms with Gasteiger partial charge in [-0.1, -0.05) is 5.16 Å². The van der Waals surface area contributed by atoms with Crippen LogP contribution >= 0.6 is 0 Å². The van der Waals surface area contributed by atoms with Crippen LogP contribution in [0.15, 0.2) is 4.52 Å². The molecule has 0 atom stereocenters. The van der Waals surface area contributed by atoms with Gasteiger partial charge >= 0.3 is 0 Å². The van der Waals surface area contributed by atoms with Gasteiger partial charge in [-0.15, -0.1) is 0 Å². The SMILES string of the molecule is CCN(CC)C(=O)CN1CCCN(Cc2noc(CN)n2)CC1. The van der Waals surface area contributed by atoms with E-state index >= 15 is 0 Å². The van der Waals surface area contributed by atoms with Gasteiger partial charge in [0.05, 0.1) is 19.6 Å². The summed E-state index contributed by atoms with van der Waals surface area (Å²) < 4.78 is 5.04. The van der Waals surface area contributed by atoms with Crippen LogP contribution in [0.3, 0.4) is 0 Å². The summed E-state index contributed by atoms with van der Waals surface area (Å²) in [7, 11) is 0. The molecule has 1 aliphatic heterocycles. The van der Waals surface area contributed by atoms with Crippen LogP contribution in [0, 0.1) is 0 Å². The summed E-state index contributed by atoms with van der Waals surface area (Å²) in [6, 6.07) is 0. The van der Waals surface area contributed by atoms with Gasteiger partial charge in [-0.05, 0) is 33.4 Å². The number of hydrogen-bond acceptors (Lipinski definition) is 7. The Morgan fingerprint density at radius 3 is 2.57 bits per heavy atom. The van der Waals surface area contributed by atoms with Crippen molar-refractivity contribution in [3.63, 3.8) is 0 Å². The minimum Gasteiger partial charge on any atom is -0.342 e. The Morgan fingerprint density at radius 2 is 1.91 bits per heavy atom. The molecule has 1 aliphatic rings. The Labute approximate surface area is 137 Å². The number of carbonyl (C=O) groups excluding carboxylic acids is 1. The summed E-state index contributed by atoms with van der Waals surface area (Å²) in [6.07, 6.45) is 1.03. The van der Waals surface area contributed by atoms with Crippen molar-refractivity contribution < 1.29 is 9.32 Å². The highest BCUT2D eigenvalue weighted by molar-refractivity contribution is 5.78. The number of carbonyl (C=O) groups is 1. The van der Waals surface area contributed by atoms with E-state index in [0.717, 1.165) is 45.7 Å². The molecule has 130 valence electrons. The number of rotatable bonds is 7. The molecule has 0 aromatic carbocycles. The zero-order valence-electron chi connectivity index (χ0n) is 14.2. The molecule has 1 aromatic rings. The fraction of sp³-hybridized carbons (Fsp3) is 0.800. The second kappa shape index (κ2) is 8.95. The molecular weight excluding hydrogens is 296 g/mol. The van der Waals surface area contributed by atoms with Crippen molar-refractivity contribution in [2.45, 2.75) is 33.4 Å². The van der Waals surface area contributed by atoms with Crippen LogP contribution in [0.1, 0.15) is 32.0 Å². The lowest BCUT2D eigenvalue weighted by Crippen LogP contribution is -2.41. The molecule has 8 nitrogen and oxygen atoms in total. The average molecular weight is 324 g/mol. The molecule has 2 heterocycles. The Hall–Kier alpha value is -1.51. The van der Waals surface area contributed by atoms with Crippen molar-refractivity contribution in [2.75, 3.05) is 45.8 Å². The molecule has 1 fully saturated rings. The van der Waals surface area contributed by atoms with Gasteiger partial charge < -0.3 is 15.2 Å². The molecule has 0 unspecified atom stereocenters. The maximum absolute atomic E-state index is 12.2. The van der Waals surface area contributed by atoms with Crippen LogP contribution < -0.4 is 5.73 Å². The predicted molar refractivity (Wildman–Crippen MR) is 86.5 cm³/mol. The standard InChI is InChI=1S/C15H28N6O2/c1-3-21(4-2)15(22)12-20-7-5-6-19(8-9-20)11-13-17-14(10-16)23-18-13/h3-12,16H2,1-2H3. The van der Waals surface area contributed by atoms with Crippen molar-refractivity contribution in [2.24, 2.45) is 5.73 Å². The van der Waals surface area contributed by atoms with Gasteiger partial charge in [0.1, 0.15) is 0 Å². The van der Waals surface area contributed by atoms with Crippen LogP contribution in [0.25, 0.3) is 0 Å². The number of nitrogens with zero attached hydrogens (tertiary/aromatic N) is 5. The number of hydrogen-bond donors (Lipinski definition) is 1. The third-order valence-electron chi connectivity index (χ3n) is 4.21. The van der Waals surface area contributed by atoms with E-state index in [1.807, 2.05) is 18.7 Å². The van der Waals surface area contributed by atoms with Crippen molar-refractivity contribution >= 4 is 5.91 Å². The first-order chi connectivity index (χ1) is 11.2. The Kier molecular flexibility index (Phi) is 6.94. The lowest BCUT2D eigenvalue weighted by Gasteiger charge is -2.25. The first-order valence-electron chi connectivity index (χ1n) is 8.40. The number of likely N-dealkylation sites (N-methyl/N-ethyl adjacent to an activating group) is 1. The maximum Gasteiger partial charge on any atom is 0.240 e. The molecule has 1 aromatic heterocycles. The monoisotopic (exact) mass is 324 g/mol. The second-order valence-corrected chi connectivity index (χ2v) is 5.78. The molecule has 8 heteroatoms. The number of amides is 1. The first kappa shape index (κ1) is 17.8. The normalized spacial score (nSPS) is 17.2. The third kappa shape index (κ3) is 5.26. The third-order valence-corrected chi connectivity index (χ3v) is 4.21. The molecule has 0 radical (unpaired) electrons. The second-order valence-electron chi connectivity index (χ2n) is 5.78. The van der Waals surface area contributed by atoms with Gasteiger partial charge in [-0.25, -0.2) is 0 Å². The summed E-state index contributed by atoms with van der Waals surface area (Å²) in [5.41, 5.74) is 5.48. The molecule has 2 rings (SSSR count). The highest BCUT2D eigenvalue weighted by Gasteiger charge is 2.20. The van der Waals surface area contributed by atoms with Gasteiger partial charge in [0.2, 0.25) is 11.8 Å². The van der Waals surface area contributed by atoms with E-state index in [4.69, 9.17) is 10.3 Å². The van der Waals surface area contributed by atoms with E-state index in [1.54, 1.807) is 0 Å². The zero-order valence-corrected chi connectivity index (χ0v) is 14.2. The van der Waals surface area contributed by atoms with Crippen LogP contribution in [0.5, 0.6) is 0 Å². The molecule has 2 N–H and O–H groups in total. The fourth-order valence-electron chi connectivity index (χ4n) is 2.85. The molecule has 23 heavy (non-hydrogen) atoms. The summed E-state index contributed by atoms with van der Waals surface area (Å²) in [6.45, 7) is 10.7. The quantitative estimate of drug-likeness (QED) is 0.749. The van der Waals surface area contributed by atoms with Gasteiger partial charge in [-0.2, -0.15) is 4.98 Å². The maximum atomic E-state index is 12.2. The molecule has 1 saturated heterocycles. The molecule has 0 aliphatic carbocycles. The van der Waals surface area contributed by atoms with Crippen molar-refractivity contribution in [1.82, 2.24) is 24.8 Å². The molecule has 0 spiro atoms. The summed E-state index contributed by atoms with van der Waals surface area (Å²) in [5, 5.41) is 3.94. The van der Waals surface area contributed by atoms with Crippen molar-refractivity contribution in [3.05, 3.63) is 11.7 Å². The van der Waals surface area contributed by atoms with Gasteiger partial charge in [0.25, 0.3) is 0 Å². The molecule has 0 bridgehead atoms. The van der Waals surface area contributed by atoms with E-state index in [-0.39, 0.29) is 12.5 Å². The van der Waals surface area contributed by atoms with Crippen molar-refractivity contribution in [3.8, 4) is 0 Å². The lowest BCUT2D eigenvalue weighted by atomic mass is 10.3. The smallest absolute Gasteiger partial charge is 0.240 e. The van der Waals surface area contributed by atoms with Crippen LogP contribution in [0.4, 0.5) is 0 Å². The fourth-order valence-corrected chi connectivity index (χ4v) is 2.85. The molecule has 0 saturated carbocycles. The first-order valence-corrected chi connectivity index (χ1v) is 8.40. The summed E-state index contributed by atoms with van der Waals surface area (Å²) >= 11 is 0. The van der Waals surface area contributed by atoms with Crippen molar-refractivity contribution in [1.29, 1.82) is 0 Å². The zero-order chi connectivity index (χ0) is 16.7.